The van der Waals surface area contributed by atoms with E-state index in [1.54, 1.807) is 6.08 Å². The van der Waals surface area contributed by atoms with Gasteiger partial charge >= 0.3 is 17.9 Å². The summed E-state index contributed by atoms with van der Waals surface area (Å²) in [5, 5.41) is 19.6. The fraction of sp³-hybridized carbons (Fsp3) is 0.500. The standard InChI is InChI=1S/C22H28O8/c1-12-6-5-7-16(10-23)9-19-20(14(3)22(27)30-19)18(8-12)29-21(26)13(2)17(25)11-28-15(4)24/h6,9,17-20,23,25H,2-3,5,7-8,10-11H2,1,4H3/b12-6?,16-9+/t17?,18-,19+,20+/m0/s1. The Morgan fingerprint density at radius 1 is 1.40 bits per heavy atom. The van der Waals surface area contributed by atoms with Crippen molar-refractivity contribution in [3.05, 3.63) is 47.6 Å². The molecule has 0 saturated carbocycles. The molecule has 1 saturated heterocycles. The van der Waals surface area contributed by atoms with Crippen LogP contribution in [-0.2, 0) is 28.6 Å². The second kappa shape index (κ2) is 10.4. The zero-order chi connectivity index (χ0) is 22.4. The molecule has 0 spiro atoms. The smallest absolute Gasteiger partial charge is 0.336 e. The van der Waals surface area contributed by atoms with Crippen molar-refractivity contribution >= 4 is 17.9 Å². The highest BCUT2D eigenvalue weighted by Gasteiger charge is 2.44. The van der Waals surface area contributed by atoms with Crippen LogP contribution in [0.15, 0.2) is 47.6 Å². The minimum Gasteiger partial charge on any atom is -0.463 e. The number of carbonyl (C=O) groups excluding carboxylic acids is 3. The molecule has 0 aromatic carbocycles. The van der Waals surface area contributed by atoms with E-state index in [9.17, 15) is 24.6 Å². The molecule has 0 aromatic rings. The maximum absolute atomic E-state index is 12.6. The number of ether oxygens (including phenoxy) is 3. The molecule has 1 aliphatic carbocycles. The second-order valence-corrected chi connectivity index (χ2v) is 7.48. The first kappa shape index (κ1) is 23.6. The molecule has 4 atom stereocenters. The molecule has 1 heterocycles. The Morgan fingerprint density at radius 2 is 2.10 bits per heavy atom. The van der Waals surface area contributed by atoms with Gasteiger partial charge in [0, 0.05) is 18.9 Å². The molecule has 0 radical (unpaired) electrons. The number of esters is 3. The fourth-order valence-corrected chi connectivity index (χ4v) is 3.42. The summed E-state index contributed by atoms with van der Waals surface area (Å²) in [5.41, 5.74) is 1.55. The number of aliphatic hydroxyl groups is 2. The molecular formula is C22H28O8. The van der Waals surface area contributed by atoms with Gasteiger partial charge in [-0.1, -0.05) is 24.8 Å². The Kier molecular flexibility index (Phi) is 8.14. The van der Waals surface area contributed by atoms with Gasteiger partial charge in [-0.25, -0.2) is 9.59 Å². The van der Waals surface area contributed by atoms with Crippen molar-refractivity contribution in [2.75, 3.05) is 13.2 Å². The minimum atomic E-state index is -1.42. The Balaban J connectivity index is 2.26. The summed E-state index contributed by atoms with van der Waals surface area (Å²) < 4.78 is 15.7. The van der Waals surface area contributed by atoms with Crippen LogP contribution in [0.2, 0.25) is 0 Å². The van der Waals surface area contributed by atoms with Gasteiger partial charge in [0.2, 0.25) is 0 Å². The van der Waals surface area contributed by atoms with Gasteiger partial charge in [0.25, 0.3) is 0 Å². The Morgan fingerprint density at radius 3 is 2.73 bits per heavy atom. The summed E-state index contributed by atoms with van der Waals surface area (Å²) in [7, 11) is 0. The van der Waals surface area contributed by atoms with Crippen LogP contribution in [0, 0.1) is 5.92 Å². The quantitative estimate of drug-likeness (QED) is 0.287. The third-order valence-electron chi connectivity index (χ3n) is 5.11. The summed E-state index contributed by atoms with van der Waals surface area (Å²) in [6.45, 7) is 9.81. The van der Waals surface area contributed by atoms with Crippen molar-refractivity contribution in [2.45, 2.75) is 51.4 Å². The molecule has 1 unspecified atom stereocenters. The van der Waals surface area contributed by atoms with Crippen LogP contribution in [0.1, 0.15) is 33.1 Å². The normalized spacial score (nSPS) is 27.0. The summed E-state index contributed by atoms with van der Waals surface area (Å²) >= 11 is 0. The predicted molar refractivity (Wildman–Crippen MR) is 107 cm³/mol. The number of carbonyl (C=O) groups is 3. The van der Waals surface area contributed by atoms with Gasteiger partial charge in [0.05, 0.1) is 18.1 Å². The minimum absolute atomic E-state index is 0.172. The monoisotopic (exact) mass is 420 g/mol. The van der Waals surface area contributed by atoms with Crippen LogP contribution in [0.3, 0.4) is 0 Å². The molecule has 2 aliphatic rings. The maximum atomic E-state index is 12.6. The molecule has 0 amide bonds. The summed E-state index contributed by atoms with van der Waals surface area (Å²) in [4.78, 5) is 35.7. The summed E-state index contributed by atoms with van der Waals surface area (Å²) in [6.07, 6.45) is 2.34. The Hall–Kier alpha value is -2.71. The molecule has 8 nitrogen and oxygen atoms in total. The SMILES string of the molecule is C=C(C(=O)O[C@H]1CC(C)=CCC/C(CO)=C\[C@H]2OC(=O)C(=C)[C@H]12)C(O)COC(C)=O. The van der Waals surface area contributed by atoms with E-state index in [4.69, 9.17) is 14.2 Å². The number of rotatable bonds is 6. The second-order valence-electron chi connectivity index (χ2n) is 7.48. The zero-order valence-corrected chi connectivity index (χ0v) is 17.3. The number of fused-ring (bicyclic) bond motifs is 1. The largest absolute Gasteiger partial charge is 0.463 e. The summed E-state index contributed by atoms with van der Waals surface area (Å²) in [5.74, 6) is -2.71. The Labute approximate surface area is 175 Å². The van der Waals surface area contributed by atoms with E-state index in [1.165, 1.54) is 6.92 Å². The number of hydrogen-bond donors (Lipinski definition) is 2. The van der Waals surface area contributed by atoms with Crippen LogP contribution in [0.4, 0.5) is 0 Å². The van der Waals surface area contributed by atoms with Crippen molar-refractivity contribution < 1.29 is 38.8 Å². The predicted octanol–water partition coefficient (Wildman–Crippen LogP) is 1.53. The van der Waals surface area contributed by atoms with Gasteiger partial charge in [0.15, 0.2) is 0 Å². The first-order valence-corrected chi connectivity index (χ1v) is 9.71. The van der Waals surface area contributed by atoms with Crippen LogP contribution >= 0.6 is 0 Å². The van der Waals surface area contributed by atoms with E-state index in [0.29, 0.717) is 24.8 Å². The van der Waals surface area contributed by atoms with Crippen molar-refractivity contribution in [1.29, 1.82) is 0 Å². The van der Waals surface area contributed by atoms with Gasteiger partial charge < -0.3 is 24.4 Å². The lowest BCUT2D eigenvalue weighted by Gasteiger charge is -2.28. The zero-order valence-electron chi connectivity index (χ0n) is 17.3. The highest BCUT2D eigenvalue weighted by Crippen LogP contribution is 2.36. The van der Waals surface area contributed by atoms with Gasteiger partial charge in [-0.2, -0.15) is 0 Å². The fourth-order valence-electron chi connectivity index (χ4n) is 3.42. The average molecular weight is 420 g/mol. The number of hydrogen-bond acceptors (Lipinski definition) is 8. The van der Waals surface area contributed by atoms with E-state index in [2.05, 4.69) is 13.2 Å². The third-order valence-corrected chi connectivity index (χ3v) is 5.11. The van der Waals surface area contributed by atoms with Crippen LogP contribution < -0.4 is 0 Å². The van der Waals surface area contributed by atoms with Gasteiger partial charge in [-0.15, -0.1) is 0 Å². The lowest BCUT2D eigenvalue weighted by Crippen LogP contribution is -2.35. The summed E-state index contributed by atoms with van der Waals surface area (Å²) in [6, 6.07) is 0. The van der Waals surface area contributed by atoms with E-state index in [0.717, 1.165) is 5.57 Å². The first-order chi connectivity index (χ1) is 14.1. The molecule has 164 valence electrons. The molecule has 1 fully saturated rings. The average Bonchev–Trinajstić information content (AvgIpc) is 2.97. The van der Waals surface area contributed by atoms with Gasteiger partial charge in [-0.05, 0) is 31.4 Å². The molecule has 0 bridgehead atoms. The van der Waals surface area contributed by atoms with E-state index >= 15 is 0 Å². The molecule has 0 aromatic heterocycles. The van der Waals surface area contributed by atoms with Gasteiger partial charge in [0.1, 0.15) is 24.9 Å². The molecular weight excluding hydrogens is 392 g/mol. The Bertz CT molecular complexity index is 791. The van der Waals surface area contributed by atoms with Crippen molar-refractivity contribution in [3.8, 4) is 0 Å². The first-order valence-electron chi connectivity index (χ1n) is 9.71. The lowest BCUT2D eigenvalue weighted by atomic mass is 9.85. The molecule has 2 rings (SSSR count). The highest BCUT2D eigenvalue weighted by molar-refractivity contribution is 5.92. The molecule has 2 N–H and O–H groups in total. The van der Waals surface area contributed by atoms with Gasteiger partial charge in [-0.3, -0.25) is 4.79 Å². The topological polar surface area (TPSA) is 119 Å². The lowest BCUT2D eigenvalue weighted by molar-refractivity contribution is -0.151. The maximum Gasteiger partial charge on any atom is 0.336 e. The number of allylic oxidation sites excluding steroid dienone is 1. The van der Waals surface area contributed by atoms with Crippen molar-refractivity contribution in [1.82, 2.24) is 0 Å². The van der Waals surface area contributed by atoms with E-state index in [-0.39, 0.29) is 17.8 Å². The molecule has 8 heteroatoms. The van der Waals surface area contributed by atoms with Crippen molar-refractivity contribution in [2.24, 2.45) is 5.92 Å². The van der Waals surface area contributed by atoms with Crippen LogP contribution in [0.5, 0.6) is 0 Å². The van der Waals surface area contributed by atoms with Crippen LogP contribution in [0.25, 0.3) is 0 Å². The highest BCUT2D eigenvalue weighted by atomic mass is 16.6. The van der Waals surface area contributed by atoms with Crippen LogP contribution in [-0.4, -0.2) is 59.6 Å². The molecule has 30 heavy (non-hydrogen) atoms. The van der Waals surface area contributed by atoms with E-state index < -0.39 is 48.7 Å². The molecule has 1 aliphatic heterocycles. The van der Waals surface area contributed by atoms with E-state index in [1.807, 2.05) is 13.0 Å². The number of aliphatic hydroxyl groups excluding tert-OH is 2. The van der Waals surface area contributed by atoms with Crippen molar-refractivity contribution in [3.63, 3.8) is 0 Å². The third kappa shape index (κ3) is 5.90.